The number of nitrogens with one attached hydrogen (secondary N) is 2. The summed E-state index contributed by atoms with van der Waals surface area (Å²) in [6.45, 7) is 0.353. The number of rotatable bonds is 9. The van der Waals surface area contributed by atoms with Crippen molar-refractivity contribution in [1.29, 1.82) is 0 Å². The number of carbonyl (C=O) groups excluding carboxylic acids is 1. The number of imidazole rings is 1. The first-order valence-electron chi connectivity index (χ1n) is 11.4. The fourth-order valence-corrected chi connectivity index (χ4v) is 5.10. The number of carbonyl (C=O) groups is 1. The van der Waals surface area contributed by atoms with E-state index in [1.54, 1.807) is 30.6 Å². The number of hydrogen-bond acceptors (Lipinski definition) is 5. The average Bonchev–Trinajstić information content (AvgIpc) is 3.24. The molecule has 1 aliphatic rings. The van der Waals surface area contributed by atoms with Crippen molar-refractivity contribution in [3.05, 3.63) is 51.5 Å². The largest absolute Gasteiger partial charge is 0.394 e. The third kappa shape index (κ3) is 5.71. The first-order chi connectivity index (χ1) is 16.5. The smallest absolute Gasteiger partial charge is 0.277 e. The molecule has 182 valence electrons. The zero-order chi connectivity index (χ0) is 24.1. The molecule has 0 unspecified atom stereocenters. The fourth-order valence-electron chi connectivity index (χ4n) is 4.38. The second-order valence-electron chi connectivity index (χ2n) is 8.46. The molecule has 1 fully saturated rings. The van der Waals surface area contributed by atoms with Gasteiger partial charge in [0.15, 0.2) is 5.82 Å². The standard InChI is InChI=1S/C24H27BrClFN4O3/c25-16-6-7-19(18(26)12-16)29-22-17(24(33)30-34-11-10-32)13-20-23(21(22)27)28-14-31(20)9-8-15-4-2-1-3-5-15/h6-7,12-15,29,32H,1-5,8-11H2,(H,30,33). The summed E-state index contributed by atoms with van der Waals surface area (Å²) < 4.78 is 18.4. The van der Waals surface area contributed by atoms with Crippen LogP contribution in [0, 0.1) is 11.7 Å². The SMILES string of the molecule is O=C(NOCCO)c1cc2c(ncn2CCC2CCCCC2)c(F)c1Nc1ccc(Br)cc1Cl. The van der Waals surface area contributed by atoms with Crippen molar-refractivity contribution in [2.75, 3.05) is 18.5 Å². The van der Waals surface area contributed by atoms with Crippen LogP contribution in [-0.2, 0) is 11.4 Å². The number of halogens is 3. The van der Waals surface area contributed by atoms with Crippen molar-refractivity contribution >= 4 is 55.8 Å². The summed E-state index contributed by atoms with van der Waals surface area (Å²) in [5.41, 5.74) is 3.39. The van der Waals surface area contributed by atoms with E-state index in [-0.39, 0.29) is 30.0 Å². The highest BCUT2D eigenvalue weighted by Crippen LogP contribution is 2.35. The van der Waals surface area contributed by atoms with Crippen molar-refractivity contribution in [1.82, 2.24) is 15.0 Å². The lowest BCUT2D eigenvalue weighted by Crippen LogP contribution is -2.26. The van der Waals surface area contributed by atoms with Crippen molar-refractivity contribution in [3.63, 3.8) is 0 Å². The van der Waals surface area contributed by atoms with E-state index in [1.807, 2.05) is 4.57 Å². The Morgan fingerprint density at radius 2 is 2.09 bits per heavy atom. The molecule has 3 N–H and O–H groups in total. The number of amides is 1. The lowest BCUT2D eigenvalue weighted by Gasteiger charge is -2.21. The molecule has 0 bridgehead atoms. The summed E-state index contributed by atoms with van der Waals surface area (Å²) in [6.07, 6.45) is 8.87. The van der Waals surface area contributed by atoms with Crippen LogP contribution in [0.25, 0.3) is 11.0 Å². The van der Waals surface area contributed by atoms with Crippen LogP contribution in [0.1, 0.15) is 48.9 Å². The maximum absolute atomic E-state index is 15.7. The maximum atomic E-state index is 15.7. The van der Waals surface area contributed by atoms with E-state index in [0.717, 1.165) is 10.9 Å². The molecule has 10 heteroatoms. The number of aryl methyl sites for hydroxylation is 1. The predicted molar refractivity (Wildman–Crippen MR) is 134 cm³/mol. The number of fused-ring (bicyclic) bond motifs is 1. The Hall–Kier alpha value is -2.20. The minimum Gasteiger partial charge on any atom is -0.394 e. The molecule has 1 saturated carbocycles. The topological polar surface area (TPSA) is 88.4 Å². The second-order valence-corrected chi connectivity index (χ2v) is 9.79. The zero-order valence-corrected chi connectivity index (χ0v) is 21.0. The summed E-state index contributed by atoms with van der Waals surface area (Å²) in [5.74, 6) is -0.642. The van der Waals surface area contributed by atoms with Gasteiger partial charge in [0.05, 0.1) is 47.0 Å². The molecule has 1 heterocycles. The van der Waals surface area contributed by atoms with E-state index in [1.165, 1.54) is 32.1 Å². The van der Waals surface area contributed by atoms with Gasteiger partial charge in [0.1, 0.15) is 5.52 Å². The summed E-state index contributed by atoms with van der Waals surface area (Å²) in [6, 6.07) is 6.72. The molecule has 0 saturated heterocycles. The van der Waals surface area contributed by atoms with Gasteiger partial charge >= 0.3 is 0 Å². The summed E-state index contributed by atoms with van der Waals surface area (Å²) in [4.78, 5) is 22.2. The number of aromatic nitrogens is 2. The van der Waals surface area contributed by atoms with E-state index in [0.29, 0.717) is 28.7 Å². The van der Waals surface area contributed by atoms with E-state index in [4.69, 9.17) is 21.5 Å². The van der Waals surface area contributed by atoms with E-state index in [2.05, 4.69) is 31.7 Å². The minimum atomic E-state index is -0.653. The van der Waals surface area contributed by atoms with Crippen LogP contribution < -0.4 is 10.8 Å². The molecule has 1 amide bonds. The molecule has 0 spiro atoms. The van der Waals surface area contributed by atoms with Crippen LogP contribution >= 0.6 is 27.5 Å². The highest BCUT2D eigenvalue weighted by Gasteiger charge is 2.23. The number of anilines is 2. The van der Waals surface area contributed by atoms with E-state index in [9.17, 15) is 4.79 Å². The second kappa shape index (κ2) is 11.5. The average molecular weight is 554 g/mol. The normalized spacial score (nSPS) is 14.5. The fraction of sp³-hybridized carbons (Fsp3) is 0.417. The Balaban J connectivity index is 1.69. The van der Waals surface area contributed by atoms with Crippen LogP contribution in [-0.4, -0.2) is 33.8 Å². The number of nitrogens with zero attached hydrogens (tertiary/aromatic N) is 2. The lowest BCUT2D eigenvalue weighted by molar-refractivity contribution is 0.0169. The summed E-state index contributed by atoms with van der Waals surface area (Å²) in [7, 11) is 0. The summed E-state index contributed by atoms with van der Waals surface area (Å²) in [5, 5.41) is 12.2. The van der Waals surface area contributed by atoms with Gasteiger partial charge in [0, 0.05) is 11.0 Å². The third-order valence-electron chi connectivity index (χ3n) is 6.15. The number of benzene rings is 2. The van der Waals surface area contributed by atoms with Gasteiger partial charge in [-0.25, -0.2) is 14.9 Å². The van der Waals surface area contributed by atoms with Crippen LogP contribution in [0.2, 0.25) is 5.02 Å². The zero-order valence-electron chi connectivity index (χ0n) is 18.6. The molecule has 0 aliphatic heterocycles. The molecule has 34 heavy (non-hydrogen) atoms. The molecule has 3 aromatic rings. The first-order valence-corrected chi connectivity index (χ1v) is 12.6. The molecule has 2 aromatic carbocycles. The summed E-state index contributed by atoms with van der Waals surface area (Å²) >= 11 is 9.66. The first kappa shape index (κ1) is 24.9. The lowest BCUT2D eigenvalue weighted by atomic mass is 9.87. The van der Waals surface area contributed by atoms with E-state index >= 15 is 4.39 Å². The molecule has 0 atom stereocenters. The van der Waals surface area contributed by atoms with Gasteiger partial charge in [-0.05, 0) is 36.6 Å². The number of aliphatic hydroxyl groups excluding tert-OH is 1. The minimum absolute atomic E-state index is 0.0429. The Morgan fingerprint density at radius 3 is 2.82 bits per heavy atom. The maximum Gasteiger partial charge on any atom is 0.277 e. The monoisotopic (exact) mass is 552 g/mol. The van der Waals surface area contributed by atoms with Gasteiger partial charge < -0.3 is 15.0 Å². The highest BCUT2D eigenvalue weighted by molar-refractivity contribution is 9.10. The quantitative estimate of drug-likeness (QED) is 0.225. The Labute approximate surface area is 210 Å². The number of hydroxylamine groups is 1. The molecular formula is C24H27BrClFN4O3. The number of aliphatic hydroxyl groups is 1. The van der Waals surface area contributed by atoms with E-state index < -0.39 is 11.7 Å². The molecule has 7 nitrogen and oxygen atoms in total. The van der Waals surface area contributed by atoms with Crippen molar-refractivity contribution in [3.8, 4) is 0 Å². The molecule has 0 radical (unpaired) electrons. The Morgan fingerprint density at radius 1 is 1.29 bits per heavy atom. The van der Waals surface area contributed by atoms with Gasteiger partial charge in [-0.3, -0.25) is 9.63 Å². The van der Waals surface area contributed by atoms with Crippen molar-refractivity contribution < 1.29 is 19.1 Å². The molecular weight excluding hydrogens is 527 g/mol. The predicted octanol–water partition coefficient (Wildman–Crippen LogP) is 5.96. The van der Waals surface area contributed by atoms with Crippen molar-refractivity contribution in [2.24, 2.45) is 5.92 Å². The Bertz CT molecular complexity index is 1170. The number of hydrogen-bond donors (Lipinski definition) is 3. The molecule has 1 aromatic heterocycles. The highest BCUT2D eigenvalue weighted by atomic mass is 79.9. The van der Waals surface area contributed by atoms with Gasteiger partial charge in [-0.2, -0.15) is 0 Å². The Kier molecular flexibility index (Phi) is 8.41. The van der Waals surface area contributed by atoms with Crippen LogP contribution in [0.15, 0.2) is 35.1 Å². The van der Waals surface area contributed by atoms with Gasteiger partial charge in [-0.15, -0.1) is 0 Å². The van der Waals surface area contributed by atoms with Gasteiger partial charge in [0.2, 0.25) is 0 Å². The van der Waals surface area contributed by atoms with Gasteiger partial charge in [0.25, 0.3) is 5.91 Å². The van der Waals surface area contributed by atoms with Crippen molar-refractivity contribution in [2.45, 2.75) is 45.1 Å². The van der Waals surface area contributed by atoms with Gasteiger partial charge in [-0.1, -0.05) is 59.6 Å². The van der Waals surface area contributed by atoms with Crippen LogP contribution in [0.4, 0.5) is 15.8 Å². The molecule has 1 aliphatic carbocycles. The van der Waals surface area contributed by atoms with Crippen LogP contribution in [0.3, 0.4) is 0 Å². The third-order valence-corrected chi connectivity index (χ3v) is 6.96. The van der Waals surface area contributed by atoms with Crippen LogP contribution in [0.5, 0.6) is 0 Å². The molecule has 4 rings (SSSR count).